The summed E-state index contributed by atoms with van der Waals surface area (Å²) >= 11 is 3.42. The van der Waals surface area contributed by atoms with Gasteiger partial charge < -0.3 is 14.6 Å². The van der Waals surface area contributed by atoms with Gasteiger partial charge in [0.1, 0.15) is 12.4 Å². The lowest BCUT2D eigenvalue weighted by Crippen LogP contribution is -2.22. The standard InChI is InChI=1S/C28H26BrN3O5/c1-3-4-5-26-31-23-12-11-21(29)15-22(23)27(33)32(26)30-16-19-8-13-24(25(14-19)36-2)37-17-18-6-9-20(10-7-18)28(34)35/h6-16H,3-5,17H2,1-2H3,(H,34,35). The first-order valence-corrected chi connectivity index (χ1v) is 12.6. The topological polar surface area (TPSA) is 103 Å². The normalized spacial score (nSPS) is 11.2. The number of aromatic carboxylic acids is 1. The maximum Gasteiger partial charge on any atom is 0.335 e. The second-order valence-electron chi connectivity index (χ2n) is 8.36. The number of ether oxygens (including phenoxy) is 2. The van der Waals surface area contributed by atoms with Crippen molar-refractivity contribution in [1.29, 1.82) is 0 Å². The molecule has 0 saturated heterocycles. The molecule has 0 unspecified atom stereocenters. The van der Waals surface area contributed by atoms with Crippen LogP contribution in [0.15, 0.2) is 75.0 Å². The average molecular weight is 564 g/mol. The van der Waals surface area contributed by atoms with Crippen molar-refractivity contribution >= 4 is 39.0 Å². The van der Waals surface area contributed by atoms with E-state index in [1.165, 1.54) is 16.8 Å². The summed E-state index contributed by atoms with van der Waals surface area (Å²) in [5.41, 5.74) is 2.18. The number of aromatic nitrogens is 2. The molecule has 0 aliphatic carbocycles. The fraction of sp³-hybridized carbons (Fsp3) is 0.214. The summed E-state index contributed by atoms with van der Waals surface area (Å²) in [6.45, 7) is 2.34. The van der Waals surface area contributed by atoms with Gasteiger partial charge in [0.05, 0.1) is 29.8 Å². The van der Waals surface area contributed by atoms with Crippen LogP contribution in [-0.2, 0) is 13.0 Å². The van der Waals surface area contributed by atoms with Gasteiger partial charge in [0.2, 0.25) is 0 Å². The molecule has 0 spiro atoms. The third kappa shape index (κ3) is 6.24. The molecule has 37 heavy (non-hydrogen) atoms. The zero-order chi connectivity index (χ0) is 26.4. The smallest absolute Gasteiger partial charge is 0.335 e. The van der Waals surface area contributed by atoms with Gasteiger partial charge in [-0.1, -0.05) is 41.4 Å². The third-order valence-corrected chi connectivity index (χ3v) is 6.23. The van der Waals surface area contributed by atoms with E-state index >= 15 is 0 Å². The van der Waals surface area contributed by atoms with E-state index in [9.17, 15) is 9.59 Å². The summed E-state index contributed by atoms with van der Waals surface area (Å²) < 4.78 is 13.5. The van der Waals surface area contributed by atoms with Crippen LogP contribution in [0.5, 0.6) is 11.5 Å². The number of hydrogen-bond acceptors (Lipinski definition) is 6. The Morgan fingerprint density at radius 3 is 2.59 bits per heavy atom. The maximum absolute atomic E-state index is 13.3. The van der Waals surface area contributed by atoms with Crippen LogP contribution in [0.2, 0.25) is 0 Å². The summed E-state index contributed by atoms with van der Waals surface area (Å²) in [4.78, 5) is 29.0. The van der Waals surface area contributed by atoms with Crippen molar-refractivity contribution < 1.29 is 19.4 Å². The molecule has 8 nitrogen and oxygen atoms in total. The minimum atomic E-state index is -0.974. The van der Waals surface area contributed by atoms with E-state index in [4.69, 9.17) is 19.6 Å². The van der Waals surface area contributed by atoms with Crippen LogP contribution in [0.1, 0.15) is 47.1 Å². The molecule has 1 heterocycles. The average Bonchev–Trinajstić information content (AvgIpc) is 2.91. The first kappa shape index (κ1) is 26.1. The molecule has 0 aliphatic rings. The molecule has 9 heteroatoms. The molecular formula is C28H26BrN3O5. The Morgan fingerprint density at radius 1 is 1.11 bits per heavy atom. The van der Waals surface area contributed by atoms with Crippen LogP contribution in [0.3, 0.4) is 0 Å². The summed E-state index contributed by atoms with van der Waals surface area (Å²) in [6.07, 6.45) is 4.10. The van der Waals surface area contributed by atoms with Crippen molar-refractivity contribution in [3.63, 3.8) is 0 Å². The van der Waals surface area contributed by atoms with E-state index in [-0.39, 0.29) is 17.7 Å². The SMILES string of the molecule is CCCCc1nc2ccc(Br)cc2c(=O)n1N=Cc1ccc(OCc2ccc(C(=O)O)cc2)c(OC)c1. The fourth-order valence-corrected chi connectivity index (χ4v) is 4.08. The number of aryl methyl sites for hydroxylation is 1. The second-order valence-corrected chi connectivity index (χ2v) is 9.27. The van der Waals surface area contributed by atoms with Gasteiger partial charge in [0, 0.05) is 10.9 Å². The largest absolute Gasteiger partial charge is 0.493 e. The van der Waals surface area contributed by atoms with Gasteiger partial charge in [-0.15, -0.1) is 0 Å². The second kappa shape index (κ2) is 11.8. The molecule has 1 N–H and O–H groups in total. The molecule has 0 saturated carbocycles. The molecule has 4 rings (SSSR count). The number of benzene rings is 3. The predicted octanol–water partition coefficient (Wildman–Crippen LogP) is 5.67. The highest BCUT2D eigenvalue weighted by Crippen LogP contribution is 2.28. The molecule has 0 fully saturated rings. The van der Waals surface area contributed by atoms with E-state index < -0.39 is 5.97 Å². The highest BCUT2D eigenvalue weighted by atomic mass is 79.9. The van der Waals surface area contributed by atoms with E-state index in [0.717, 1.165) is 28.4 Å². The number of nitrogens with zero attached hydrogens (tertiary/aromatic N) is 3. The van der Waals surface area contributed by atoms with E-state index in [0.29, 0.717) is 34.6 Å². The molecular weight excluding hydrogens is 538 g/mol. The summed E-state index contributed by atoms with van der Waals surface area (Å²) in [7, 11) is 1.54. The first-order valence-electron chi connectivity index (χ1n) is 11.8. The Bertz CT molecular complexity index is 1510. The highest BCUT2D eigenvalue weighted by molar-refractivity contribution is 9.10. The summed E-state index contributed by atoms with van der Waals surface area (Å²) in [6, 6.07) is 17.3. The molecule has 0 radical (unpaired) electrons. The first-order chi connectivity index (χ1) is 17.9. The molecule has 0 aliphatic heterocycles. The number of unbranched alkanes of at least 4 members (excludes halogenated alkanes) is 1. The zero-order valence-electron chi connectivity index (χ0n) is 20.5. The van der Waals surface area contributed by atoms with Crippen LogP contribution in [0, 0.1) is 0 Å². The Balaban J connectivity index is 1.58. The number of carboxylic acid groups (broad SMARTS) is 1. The monoisotopic (exact) mass is 563 g/mol. The maximum atomic E-state index is 13.3. The number of carboxylic acids is 1. The van der Waals surface area contributed by atoms with Gasteiger partial charge in [0.25, 0.3) is 5.56 Å². The van der Waals surface area contributed by atoms with Crippen molar-refractivity contribution in [3.05, 3.63) is 98.0 Å². The van der Waals surface area contributed by atoms with Crippen molar-refractivity contribution in [2.24, 2.45) is 5.10 Å². The van der Waals surface area contributed by atoms with Gasteiger partial charge in [-0.2, -0.15) is 9.78 Å². The minimum absolute atomic E-state index is 0.219. The van der Waals surface area contributed by atoms with Crippen LogP contribution >= 0.6 is 15.9 Å². The molecule has 0 bridgehead atoms. The summed E-state index contributed by atoms with van der Waals surface area (Å²) in [5.74, 6) is 0.669. The van der Waals surface area contributed by atoms with Crippen molar-refractivity contribution in [2.45, 2.75) is 32.8 Å². The molecule has 0 atom stereocenters. The number of carbonyl (C=O) groups is 1. The highest BCUT2D eigenvalue weighted by Gasteiger charge is 2.12. The fourth-order valence-electron chi connectivity index (χ4n) is 3.72. The number of fused-ring (bicyclic) bond motifs is 1. The Hall–Kier alpha value is -3.98. The van der Waals surface area contributed by atoms with Crippen molar-refractivity contribution in [1.82, 2.24) is 9.66 Å². The number of methoxy groups -OCH3 is 1. The van der Waals surface area contributed by atoms with Gasteiger partial charge in [-0.05, 0) is 66.1 Å². The lowest BCUT2D eigenvalue weighted by molar-refractivity contribution is 0.0697. The van der Waals surface area contributed by atoms with E-state index in [2.05, 4.69) is 28.0 Å². The van der Waals surface area contributed by atoms with Gasteiger partial charge in [-0.3, -0.25) is 4.79 Å². The predicted molar refractivity (Wildman–Crippen MR) is 146 cm³/mol. The zero-order valence-corrected chi connectivity index (χ0v) is 22.1. The van der Waals surface area contributed by atoms with Crippen LogP contribution in [-0.4, -0.2) is 34.1 Å². The number of halogens is 1. The van der Waals surface area contributed by atoms with Crippen molar-refractivity contribution in [2.75, 3.05) is 7.11 Å². The van der Waals surface area contributed by atoms with Gasteiger partial charge >= 0.3 is 5.97 Å². The number of hydrogen-bond donors (Lipinski definition) is 1. The number of rotatable bonds is 10. The van der Waals surface area contributed by atoms with E-state index in [1.54, 1.807) is 43.7 Å². The summed E-state index contributed by atoms with van der Waals surface area (Å²) in [5, 5.41) is 14.0. The van der Waals surface area contributed by atoms with Crippen LogP contribution < -0.4 is 15.0 Å². The molecule has 4 aromatic rings. The van der Waals surface area contributed by atoms with Gasteiger partial charge in [0.15, 0.2) is 11.5 Å². The molecule has 0 amide bonds. The molecule has 190 valence electrons. The molecule has 3 aromatic carbocycles. The van der Waals surface area contributed by atoms with Crippen LogP contribution in [0.25, 0.3) is 10.9 Å². The van der Waals surface area contributed by atoms with E-state index in [1.807, 2.05) is 18.2 Å². The van der Waals surface area contributed by atoms with Crippen molar-refractivity contribution in [3.8, 4) is 11.5 Å². The van der Waals surface area contributed by atoms with Gasteiger partial charge in [-0.25, -0.2) is 9.78 Å². The Labute approximate surface area is 222 Å². The third-order valence-electron chi connectivity index (χ3n) is 5.73. The lowest BCUT2D eigenvalue weighted by Gasteiger charge is -2.12. The van der Waals surface area contributed by atoms with Crippen LogP contribution in [0.4, 0.5) is 0 Å². The quantitative estimate of drug-likeness (QED) is 0.249. The Morgan fingerprint density at radius 2 is 1.89 bits per heavy atom. The lowest BCUT2D eigenvalue weighted by atomic mass is 10.1. The molecule has 1 aromatic heterocycles. The minimum Gasteiger partial charge on any atom is -0.493 e. The Kier molecular flexibility index (Phi) is 8.35.